The summed E-state index contributed by atoms with van der Waals surface area (Å²) in [5, 5.41) is 0. The molecule has 1 heterocycles. The van der Waals surface area contributed by atoms with E-state index in [1.54, 1.807) is 0 Å². The van der Waals surface area contributed by atoms with E-state index in [2.05, 4.69) is 29.2 Å². The fraction of sp³-hybridized carbons (Fsp3) is 0.731. The molecule has 2 bridgehead atoms. The van der Waals surface area contributed by atoms with E-state index in [9.17, 15) is 4.79 Å². The third kappa shape index (κ3) is 3.34. The first-order valence-corrected chi connectivity index (χ1v) is 12.1. The van der Waals surface area contributed by atoms with Crippen LogP contribution in [-0.2, 0) is 10.2 Å². The van der Waals surface area contributed by atoms with Crippen LogP contribution in [-0.4, -0.2) is 42.4 Å². The van der Waals surface area contributed by atoms with Gasteiger partial charge in [0.25, 0.3) is 0 Å². The first kappa shape index (κ1) is 19.6. The van der Waals surface area contributed by atoms with E-state index in [1.165, 1.54) is 69.3 Å². The molecular formula is C26H38N2O. The van der Waals surface area contributed by atoms with Crippen LogP contribution in [0.4, 0.5) is 0 Å². The number of carbonyl (C=O) groups is 1. The van der Waals surface area contributed by atoms with Gasteiger partial charge in [-0.25, -0.2) is 0 Å². The van der Waals surface area contributed by atoms with Gasteiger partial charge in [-0.3, -0.25) is 4.79 Å². The second kappa shape index (κ2) is 7.41. The molecule has 0 N–H and O–H groups in total. The van der Waals surface area contributed by atoms with Gasteiger partial charge >= 0.3 is 0 Å². The van der Waals surface area contributed by atoms with Crippen molar-refractivity contribution in [1.29, 1.82) is 0 Å². The second-order valence-corrected chi connectivity index (χ2v) is 10.9. The highest BCUT2D eigenvalue weighted by atomic mass is 16.2. The zero-order chi connectivity index (χ0) is 20.2. The van der Waals surface area contributed by atoms with Crippen molar-refractivity contribution in [2.24, 2.45) is 23.7 Å². The number of rotatable bonds is 4. The van der Waals surface area contributed by atoms with Crippen molar-refractivity contribution in [3.63, 3.8) is 0 Å². The number of carbonyl (C=O) groups excluding carboxylic acids is 1. The molecule has 0 aromatic heterocycles. The molecule has 4 atom stereocenters. The summed E-state index contributed by atoms with van der Waals surface area (Å²) >= 11 is 0. The van der Waals surface area contributed by atoms with Crippen molar-refractivity contribution in [3.05, 3.63) is 35.4 Å². The Kier molecular flexibility index (Phi) is 5.01. The van der Waals surface area contributed by atoms with Crippen LogP contribution in [0.2, 0.25) is 0 Å². The third-order valence-electron chi connectivity index (χ3n) is 8.97. The van der Waals surface area contributed by atoms with Crippen LogP contribution in [0.15, 0.2) is 24.3 Å². The van der Waals surface area contributed by atoms with E-state index in [-0.39, 0.29) is 23.3 Å². The van der Waals surface area contributed by atoms with E-state index < -0.39 is 0 Å². The Morgan fingerprint density at radius 1 is 1.17 bits per heavy atom. The molecule has 29 heavy (non-hydrogen) atoms. The maximum Gasteiger partial charge on any atom is 0.225 e. The van der Waals surface area contributed by atoms with E-state index in [0.29, 0.717) is 0 Å². The molecule has 1 saturated heterocycles. The lowest BCUT2D eigenvalue weighted by molar-refractivity contribution is -0.135. The smallest absolute Gasteiger partial charge is 0.225 e. The van der Waals surface area contributed by atoms with Crippen molar-refractivity contribution >= 4 is 5.91 Å². The van der Waals surface area contributed by atoms with Gasteiger partial charge in [0.05, 0.1) is 6.04 Å². The number of nitrogens with zero attached hydrogens (tertiary/aromatic N) is 2. The summed E-state index contributed by atoms with van der Waals surface area (Å²) in [6.45, 7) is 7.84. The minimum atomic E-state index is 0.0623. The van der Waals surface area contributed by atoms with E-state index in [4.69, 9.17) is 0 Å². The standard InChI is InChI=1S/C26H38N2O/c1-18(2)25(29)27(3)24-16-26(23-7-5-4-6-22(23)24)10-12-28(13-11-26)17-21-15-19-8-9-20(21)14-19/h4-7,18-21,24H,8-17H2,1-3H3/t19-,20?,21+,24-/m0/s1. The van der Waals surface area contributed by atoms with Crippen molar-refractivity contribution in [1.82, 2.24) is 9.80 Å². The van der Waals surface area contributed by atoms with Crippen LogP contribution in [0.25, 0.3) is 0 Å². The van der Waals surface area contributed by atoms with Gasteiger partial charge in [0, 0.05) is 24.9 Å². The minimum absolute atomic E-state index is 0.0623. The van der Waals surface area contributed by atoms with Gasteiger partial charge in [0.2, 0.25) is 5.91 Å². The fourth-order valence-corrected chi connectivity index (χ4v) is 7.34. The Hall–Kier alpha value is -1.35. The maximum absolute atomic E-state index is 12.7. The molecular weight excluding hydrogens is 356 g/mol. The predicted molar refractivity (Wildman–Crippen MR) is 118 cm³/mol. The molecule has 1 aliphatic heterocycles. The highest BCUT2D eigenvalue weighted by Gasteiger charge is 2.48. The van der Waals surface area contributed by atoms with Crippen LogP contribution >= 0.6 is 0 Å². The van der Waals surface area contributed by atoms with Crippen LogP contribution in [0, 0.1) is 23.7 Å². The monoisotopic (exact) mass is 394 g/mol. The highest BCUT2D eigenvalue weighted by Crippen LogP contribution is 2.53. The molecule has 3 aliphatic carbocycles. The largest absolute Gasteiger partial charge is 0.338 e. The maximum atomic E-state index is 12.7. The molecule has 2 saturated carbocycles. The molecule has 3 nitrogen and oxygen atoms in total. The van der Waals surface area contributed by atoms with Crippen LogP contribution in [0.5, 0.6) is 0 Å². The topological polar surface area (TPSA) is 23.6 Å². The number of hydrogen-bond donors (Lipinski definition) is 0. The molecule has 158 valence electrons. The van der Waals surface area contributed by atoms with Crippen molar-refractivity contribution in [2.45, 2.75) is 70.3 Å². The zero-order valence-corrected chi connectivity index (χ0v) is 18.6. The summed E-state index contributed by atoms with van der Waals surface area (Å²) in [5.41, 5.74) is 3.22. The summed E-state index contributed by atoms with van der Waals surface area (Å²) in [5.74, 6) is 3.39. The van der Waals surface area contributed by atoms with Crippen LogP contribution in [0.1, 0.15) is 76.0 Å². The zero-order valence-electron chi connectivity index (χ0n) is 18.6. The molecule has 4 aliphatic rings. The van der Waals surface area contributed by atoms with E-state index in [0.717, 1.165) is 24.2 Å². The summed E-state index contributed by atoms with van der Waals surface area (Å²) in [6.07, 6.45) is 9.65. The summed E-state index contributed by atoms with van der Waals surface area (Å²) < 4.78 is 0. The van der Waals surface area contributed by atoms with Crippen molar-refractivity contribution in [2.75, 3.05) is 26.7 Å². The number of piperidine rings is 1. The molecule has 3 heteroatoms. The molecule has 1 aromatic rings. The first-order chi connectivity index (χ1) is 14.0. The molecule has 1 aromatic carbocycles. The van der Waals surface area contributed by atoms with Crippen LogP contribution < -0.4 is 0 Å². The van der Waals surface area contributed by atoms with Gasteiger partial charge < -0.3 is 9.80 Å². The number of hydrogen-bond acceptors (Lipinski definition) is 2. The molecule has 5 rings (SSSR count). The van der Waals surface area contributed by atoms with Gasteiger partial charge in [0.15, 0.2) is 0 Å². The lowest BCUT2D eigenvalue weighted by atomic mass is 9.73. The van der Waals surface area contributed by atoms with Gasteiger partial charge in [-0.15, -0.1) is 0 Å². The fourth-order valence-electron chi connectivity index (χ4n) is 7.34. The molecule has 1 spiro atoms. The Bertz CT molecular complexity index is 764. The van der Waals surface area contributed by atoms with Gasteiger partial charge in [-0.1, -0.05) is 44.5 Å². The molecule has 1 unspecified atom stereocenters. The third-order valence-corrected chi connectivity index (χ3v) is 8.97. The highest BCUT2D eigenvalue weighted by molar-refractivity contribution is 5.78. The quantitative estimate of drug-likeness (QED) is 0.716. The van der Waals surface area contributed by atoms with E-state index in [1.807, 2.05) is 25.8 Å². The summed E-state index contributed by atoms with van der Waals surface area (Å²) in [4.78, 5) is 17.6. The Balaban J connectivity index is 1.29. The van der Waals surface area contributed by atoms with Gasteiger partial charge in [0.1, 0.15) is 0 Å². The Labute approximate surface area is 176 Å². The Morgan fingerprint density at radius 3 is 2.59 bits per heavy atom. The average molecular weight is 395 g/mol. The summed E-state index contributed by atoms with van der Waals surface area (Å²) in [6, 6.07) is 9.24. The number of likely N-dealkylation sites (tertiary alicyclic amines) is 1. The SMILES string of the molecule is CC(C)C(=O)N(C)[C@H]1CC2(CCN(C[C@H]3C[C@H]4CCC3C4)CC2)c2ccccc21. The predicted octanol–water partition coefficient (Wildman–Crippen LogP) is 5.02. The average Bonchev–Trinajstić information content (AvgIpc) is 3.43. The Morgan fingerprint density at radius 2 is 1.93 bits per heavy atom. The lowest BCUT2D eigenvalue weighted by Gasteiger charge is -2.42. The molecule has 0 radical (unpaired) electrons. The molecule has 1 amide bonds. The second-order valence-electron chi connectivity index (χ2n) is 10.9. The molecule has 3 fully saturated rings. The number of amides is 1. The minimum Gasteiger partial charge on any atom is -0.338 e. The number of benzene rings is 1. The lowest BCUT2D eigenvalue weighted by Crippen LogP contribution is -2.44. The summed E-state index contributed by atoms with van der Waals surface area (Å²) in [7, 11) is 2.02. The number of fused-ring (bicyclic) bond motifs is 4. The first-order valence-electron chi connectivity index (χ1n) is 12.1. The van der Waals surface area contributed by atoms with Gasteiger partial charge in [-0.05, 0) is 80.5 Å². The van der Waals surface area contributed by atoms with Crippen molar-refractivity contribution < 1.29 is 4.79 Å². The van der Waals surface area contributed by atoms with Crippen molar-refractivity contribution in [3.8, 4) is 0 Å². The van der Waals surface area contributed by atoms with Crippen LogP contribution in [0.3, 0.4) is 0 Å². The van der Waals surface area contributed by atoms with Gasteiger partial charge in [-0.2, -0.15) is 0 Å². The normalized spacial score (nSPS) is 32.8. The van der Waals surface area contributed by atoms with E-state index >= 15 is 0 Å².